The van der Waals surface area contributed by atoms with Crippen LogP contribution in [0.5, 0.6) is 0 Å². The van der Waals surface area contributed by atoms with Gasteiger partial charge in [-0.3, -0.25) is 10.0 Å². The number of carbonyl (C=O) groups excluding carboxylic acids is 1. The Labute approximate surface area is 73.5 Å². The van der Waals surface area contributed by atoms with Gasteiger partial charge in [0.1, 0.15) is 0 Å². The molecule has 0 unspecified atom stereocenters. The topological polar surface area (TPSA) is 102 Å². The largest absolute Gasteiger partial charge is 0.478 e. The van der Waals surface area contributed by atoms with E-state index in [1.54, 1.807) is 0 Å². The molecule has 1 amide bonds. The molecule has 7 heteroatoms. The quantitative estimate of drug-likeness (QED) is 0.251. The van der Waals surface area contributed by atoms with Gasteiger partial charge in [0.2, 0.25) is 0 Å². The summed E-state index contributed by atoms with van der Waals surface area (Å²) in [5.74, 6) is -1.99. The lowest BCUT2D eigenvalue weighted by atomic mass is 10.6. The molecule has 0 heterocycles. The molecule has 0 fully saturated rings. The second-order valence-corrected chi connectivity index (χ2v) is 1.78. The van der Waals surface area contributed by atoms with E-state index in [-0.39, 0.29) is 4.90 Å². The van der Waals surface area contributed by atoms with Crippen molar-refractivity contribution in [1.29, 1.82) is 0 Å². The molecule has 0 aliphatic carbocycles. The Morgan fingerprint density at radius 3 is 2.69 bits per heavy atom. The van der Waals surface area contributed by atoms with Crippen LogP contribution in [0.1, 0.15) is 0 Å². The molecular formula is C6H8N2O5. The van der Waals surface area contributed by atoms with Gasteiger partial charge in [0.05, 0.1) is 0 Å². The molecule has 0 atom stereocenters. The van der Waals surface area contributed by atoms with Crippen molar-refractivity contribution in [2.75, 3.05) is 7.11 Å². The maximum Gasteiger partial charge on any atom is 0.329 e. The molecule has 0 aliphatic heterocycles. The third-order valence-electron chi connectivity index (χ3n) is 0.854. The fourth-order valence-corrected chi connectivity index (χ4v) is 0.381. The predicted molar refractivity (Wildman–Crippen MR) is 41.6 cm³/mol. The van der Waals surface area contributed by atoms with E-state index in [9.17, 15) is 14.8 Å². The number of rotatable bonds is 4. The van der Waals surface area contributed by atoms with E-state index in [1.165, 1.54) is 0 Å². The van der Waals surface area contributed by atoms with E-state index in [4.69, 9.17) is 5.11 Å². The van der Waals surface area contributed by atoms with Crippen molar-refractivity contribution in [3.8, 4) is 0 Å². The summed E-state index contributed by atoms with van der Waals surface area (Å²) >= 11 is 0. The number of carboxylic acids is 1. The Bertz CT molecular complexity index is 258. The monoisotopic (exact) mass is 188 g/mol. The molecular weight excluding hydrogens is 180 g/mol. The Morgan fingerprint density at radius 2 is 2.23 bits per heavy atom. The lowest BCUT2D eigenvalue weighted by Crippen LogP contribution is -2.23. The zero-order chi connectivity index (χ0) is 10.3. The summed E-state index contributed by atoms with van der Waals surface area (Å²) in [6.07, 6.45) is 2.19. The van der Waals surface area contributed by atoms with E-state index in [0.717, 1.165) is 13.3 Å². The number of hydrogen-bond donors (Lipinski definition) is 2. The van der Waals surface area contributed by atoms with Gasteiger partial charge in [0.25, 0.3) is 6.21 Å². The van der Waals surface area contributed by atoms with Crippen LogP contribution in [0.3, 0.4) is 0 Å². The highest BCUT2D eigenvalue weighted by molar-refractivity contribution is 6.24. The highest BCUT2D eigenvalue weighted by Crippen LogP contribution is 1.70. The van der Waals surface area contributed by atoms with Gasteiger partial charge in [0, 0.05) is 24.3 Å². The minimum absolute atomic E-state index is 0.0655. The molecule has 0 aromatic carbocycles. The first-order valence-corrected chi connectivity index (χ1v) is 3.11. The summed E-state index contributed by atoms with van der Waals surface area (Å²) in [7, 11) is 1.09. The predicted octanol–water partition coefficient (Wildman–Crippen LogP) is -1.16. The summed E-state index contributed by atoms with van der Waals surface area (Å²) < 4.78 is 0. The van der Waals surface area contributed by atoms with Gasteiger partial charge in [-0.05, 0) is 0 Å². The van der Waals surface area contributed by atoms with Crippen LogP contribution in [0.15, 0.2) is 12.3 Å². The molecule has 0 saturated heterocycles. The zero-order valence-electron chi connectivity index (χ0n) is 6.76. The molecule has 0 rings (SSSR count). The van der Waals surface area contributed by atoms with Crippen LogP contribution in [0.25, 0.3) is 0 Å². The van der Waals surface area contributed by atoms with Crippen LogP contribution in [0.2, 0.25) is 0 Å². The SMILES string of the molecule is CO[N+]([O-])=CC(=O)NC=CC(=O)O. The minimum Gasteiger partial charge on any atom is -0.478 e. The molecule has 0 aromatic rings. The number of nitrogens with one attached hydrogen (secondary N) is 1. The lowest BCUT2D eigenvalue weighted by molar-refractivity contribution is -0.729. The van der Waals surface area contributed by atoms with Crippen LogP contribution in [0.4, 0.5) is 0 Å². The van der Waals surface area contributed by atoms with Crippen molar-refractivity contribution in [3.63, 3.8) is 0 Å². The van der Waals surface area contributed by atoms with E-state index < -0.39 is 11.9 Å². The summed E-state index contributed by atoms with van der Waals surface area (Å²) in [6.45, 7) is 0. The standard InChI is InChI=1S/C6H8N2O5/c1-13-8(12)4-5(9)7-3-2-6(10)11/h2-4H,1H3,(H,7,9)(H,10,11). The highest BCUT2D eigenvalue weighted by atomic mass is 16.9. The fraction of sp³-hybridized carbons (Fsp3) is 0.167. The van der Waals surface area contributed by atoms with Crippen LogP contribution >= 0.6 is 0 Å². The summed E-state index contributed by atoms with van der Waals surface area (Å²) in [4.78, 5) is 24.6. The number of carbonyl (C=O) groups is 2. The second kappa shape index (κ2) is 5.58. The van der Waals surface area contributed by atoms with Crippen LogP contribution in [0, 0.1) is 5.21 Å². The molecule has 0 bridgehead atoms. The van der Waals surface area contributed by atoms with Crippen LogP contribution < -0.4 is 5.32 Å². The molecule has 0 saturated carbocycles. The zero-order valence-corrected chi connectivity index (χ0v) is 6.76. The molecule has 2 N–H and O–H groups in total. The Hall–Kier alpha value is -2.05. The average molecular weight is 188 g/mol. The van der Waals surface area contributed by atoms with Gasteiger partial charge in [-0.2, -0.15) is 0 Å². The number of nitrogens with zero attached hydrogens (tertiary/aromatic N) is 1. The van der Waals surface area contributed by atoms with Crippen molar-refractivity contribution in [1.82, 2.24) is 5.32 Å². The van der Waals surface area contributed by atoms with Gasteiger partial charge in [-0.25, -0.2) is 4.79 Å². The lowest BCUT2D eigenvalue weighted by Gasteiger charge is -1.94. The van der Waals surface area contributed by atoms with Gasteiger partial charge >= 0.3 is 11.9 Å². The summed E-state index contributed by atoms with van der Waals surface area (Å²) in [5.41, 5.74) is 0. The maximum atomic E-state index is 10.7. The van der Waals surface area contributed by atoms with Crippen LogP contribution in [-0.2, 0) is 14.4 Å². The van der Waals surface area contributed by atoms with Crippen molar-refractivity contribution in [3.05, 3.63) is 17.5 Å². The maximum absolute atomic E-state index is 10.7. The molecule has 7 nitrogen and oxygen atoms in total. The van der Waals surface area contributed by atoms with Crippen molar-refractivity contribution >= 4 is 18.1 Å². The smallest absolute Gasteiger partial charge is 0.329 e. The third-order valence-corrected chi connectivity index (χ3v) is 0.854. The average Bonchev–Trinajstić information content (AvgIpc) is 2.03. The third kappa shape index (κ3) is 6.35. The normalized spacial score (nSPS) is 11.3. The Kier molecular flexibility index (Phi) is 4.70. The molecule has 0 radical (unpaired) electrons. The highest BCUT2D eigenvalue weighted by Gasteiger charge is 2.00. The van der Waals surface area contributed by atoms with Crippen molar-refractivity contribution in [2.24, 2.45) is 0 Å². The first-order valence-electron chi connectivity index (χ1n) is 3.11. The Balaban J connectivity index is 3.96. The van der Waals surface area contributed by atoms with Gasteiger partial charge < -0.3 is 15.3 Å². The van der Waals surface area contributed by atoms with E-state index >= 15 is 0 Å². The number of aliphatic carboxylic acids is 1. The fourth-order valence-electron chi connectivity index (χ4n) is 0.381. The van der Waals surface area contributed by atoms with E-state index in [0.29, 0.717) is 12.3 Å². The first kappa shape index (κ1) is 11.0. The summed E-state index contributed by atoms with van der Waals surface area (Å²) in [5, 5.41) is 20.5. The molecule has 72 valence electrons. The van der Waals surface area contributed by atoms with Crippen LogP contribution in [-0.4, -0.2) is 35.2 Å². The molecule has 0 spiro atoms. The Morgan fingerprint density at radius 1 is 1.62 bits per heavy atom. The number of hydrogen-bond acceptors (Lipinski definition) is 4. The van der Waals surface area contributed by atoms with Gasteiger partial charge in [-0.1, -0.05) is 0 Å². The minimum atomic E-state index is -1.20. The van der Waals surface area contributed by atoms with Gasteiger partial charge in [0.15, 0.2) is 0 Å². The summed E-state index contributed by atoms with van der Waals surface area (Å²) in [6, 6.07) is 0. The number of amides is 1. The van der Waals surface area contributed by atoms with E-state index in [2.05, 4.69) is 4.84 Å². The second-order valence-electron chi connectivity index (χ2n) is 1.78. The van der Waals surface area contributed by atoms with Gasteiger partial charge in [-0.15, -0.1) is 0 Å². The van der Waals surface area contributed by atoms with Crippen molar-refractivity contribution < 1.29 is 24.4 Å². The number of carboxylic acid groups (broad SMARTS) is 1. The first-order chi connectivity index (χ1) is 6.06. The molecule has 0 aromatic heterocycles. The molecule has 13 heavy (non-hydrogen) atoms. The van der Waals surface area contributed by atoms with Crippen molar-refractivity contribution in [2.45, 2.75) is 0 Å². The van der Waals surface area contributed by atoms with E-state index in [1.807, 2.05) is 5.32 Å². The molecule has 0 aliphatic rings.